The van der Waals surface area contributed by atoms with Gasteiger partial charge in [-0.25, -0.2) is 0 Å². The average molecular weight is 629 g/mol. The SMILES string of the molecule is CCCCCCCCCCCC(=O)O[C@@]12C[C@@H](C)[C@]34C=C(C)[C@H](OC(=O)[C@H](C)C(C)C)[C@@]3(O)[C@H](O)C(C)=C[C@H](C4=O)[C@@H]1C2(C)C. The number of aliphatic hydroxyl groups excluding tert-OH is 1. The summed E-state index contributed by atoms with van der Waals surface area (Å²) in [6.07, 6.45) is 12.1. The number of carbonyl (C=O) groups is 3. The molecule has 7 heteroatoms. The topological polar surface area (TPSA) is 110 Å². The second-order valence-electron chi connectivity index (χ2n) is 15.9. The summed E-state index contributed by atoms with van der Waals surface area (Å²) < 4.78 is 12.4. The van der Waals surface area contributed by atoms with Gasteiger partial charge in [-0.3, -0.25) is 14.4 Å². The summed E-state index contributed by atoms with van der Waals surface area (Å²) in [5.41, 5.74) is -3.90. The molecule has 0 amide bonds. The van der Waals surface area contributed by atoms with E-state index < -0.39 is 58.0 Å². The zero-order chi connectivity index (χ0) is 33.5. The van der Waals surface area contributed by atoms with Gasteiger partial charge in [-0.15, -0.1) is 0 Å². The highest BCUT2D eigenvalue weighted by Gasteiger charge is 2.83. The molecule has 4 aliphatic carbocycles. The van der Waals surface area contributed by atoms with Crippen molar-refractivity contribution in [1.82, 2.24) is 0 Å². The third-order valence-corrected chi connectivity index (χ3v) is 12.4. The summed E-state index contributed by atoms with van der Waals surface area (Å²) in [5, 5.41) is 24.5. The van der Waals surface area contributed by atoms with E-state index in [1.807, 2.05) is 20.8 Å². The van der Waals surface area contributed by atoms with Crippen LogP contribution in [0.25, 0.3) is 0 Å². The van der Waals surface area contributed by atoms with Gasteiger partial charge in [0.1, 0.15) is 11.7 Å². The molecule has 0 unspecified atom stereocenters. The number of allylic oxidation sites excluding steroid dienone is 1. The predicted molar refractivity (Wildman–Crippen MR) is 175 cm³/mol. The van der Waals surface area contributed by atoms with E-state index in [1.165, 1.54) is 38.5 Å². The highest BCUT2D eigenvalue weighted by atomic mass is 16.6. The van der Waals surface area contributed by atoms with Gasteiger partial charge in [-0.05, 0) is 49.7 Å². The van der Waals surface area contributed by atoms with Crippen LogP contribution in [0.15, 0.2) is 23.3 Å². The zero-order valence-corrected chi connectivity index (χ0v) is 29.4. The Balaban J connectivity index is 1.57. The summed E-state index contributed by atoms with van der Waals surface area (Å²) in [7, 11) is 0. The maximum absolute atomic E-state index is 14.8. The fourth-order valence-corrected chi connectivity index (χ4v) is 9.20. The second-order valence-corrected chi connectivity index (χ2v) is 15.9. The van der Waals surface area contributed by atoms with Crippen molar-refractivity contribution in [2.24, 2.45) is 40.4 Å². The Morgan fingerprint density at radius 3 is 2.13 bits per heavy atom. The Morgan fingerprint density at radius 1 is 0.978 bits per heavy atom. The van der Waals surface area contributed by atoms with Crippen molar-refractivity contribution in [3.05, 3.63) is 23.3 Å². The van der Waals surface area contributed by atoms with E-state index in [2.05, 4.69) is 20.8 Å². The Bertz CT molecular complexity index is 1200. The Hall–Kier alpha value is -1.99. The maximum atomic E-state index is 14.8. The number of rotatable bonds is 14. The first-order valence-corrected chi connectivity index (χ1v) is 17.8. The third kappa shape index (κ3) is 5.76. The van der Waals surface area contributed by atoms with Crippen LogP contribution in [-0.2, 0) is 23.9 Å². The highest BCUT2D eigenvalue weighted by molar-refractivity contribution is 5.96. The van der Waals surface area contributed by atoms with Crippen LogP contribution >= 0.6 is 0 Å². The largest absolute Gasteiger partial charge is 0.458 e. The lowest BCUT2D eigenvalue weighted by Crippen LogP contribution is -2.65. The van der Waals surface area contributed by atoms with Gasteiger partial charge in [0.15, 0.2) is 17.5 Å². The van der Waals surface area contributed by atoms with Gasteiger partial charge >= 0.3 is 11.9 Å². The number of Topliss-reactive ketones (excluding diaryl/α,β-unsaturated/α-hetero) is 1. The van der Waals surface area contributed by atoms with Gasteiger partial charge in [0.25, 0.3) is 0 Å². The van der Waals surface area contributed by atoms with Crippen LogP contribution in [0.2, 0.25) is 0 Å². The molecular formula is C38H60O7. The molecule has 0 radical (unpaired) electrons. The second kappa shape index (κ2) is 13.3. The Kier molecular flexibility index (Phi) is 10.6. The number of ether oxygens (including phenoxy) is 2. The van der Waals surface area contributed by atoms with Crippen molar-refractivity contribution in [3.63, 3.8) is 0 Å². The lowest BCUT2D eigenvalue weighted by Gasteiger charge is -2.49. The molecular weight excluding hydrogens is 568 g/mol. The lowest BCUT2D eigenvalue weighted by atomic mass is 9.59. The molecule has 2 N–H and O–H groups in total. The first-order valence-electron chi connectivity index (χ1n) is 17.8. The van der Waals surface area contributed by atoms with E-state index in [9.17, 15) is 24.6 Å². The molecule has 7 nitrogen and oxygen atoms in total. The van der Waals surface area contributed by atoms with Crippen molar-refractivity contribution in [1.29, 1.82) is 0 Å². The van der Waals surface area contributed by atoms with Crippen molar-refractivity contribution in [2.75, 3.05) is 0 Å². The minimum absolute atomic E-state index is 0.0229. The highest BCUT2D eigenvalue weighted by Crippen LogP contribution is 2.75. The maximum Gasteiger partial charge on any atom is 0.309 e. The van der Waals surface area contributed by atoms with E-state index in [0.717, 1.165) is 19.3 Å². The van der Waals surface area contributed by atoms with Gasteiger partial charge in [0.2, 0.25) is 0 Å². The molecule has 0 aromatic heterocycles. The monoisotopic (exact) mass is 628 g/mol. The standard InChI is InChI=1S/C38H60O7/c1-10-11-12-13-14-15-16-17-18-19-29(39)45-37-22-26(6)36-21-25(5)33(44-34(42)27(7)23(2)3)38(36,43)31(40)24(4)20-28(32(36)41)30(37)35(37,8)9/h20-21,23,26-28,30-31,33,40,43H,10-19,22H2,1-9H3/t26-,27-,28+,30-,31-,33+,36+,37+,38+/m1/s1. The molecule has 0 aliphatic heterocycles. The zero-order valence-electron chi connectivity index (χ0n) is 29.4. The van der Waals surface area contributed by atoms with Crippen LogP contribution in [0.4, 0.5) is 0 Å². The predicted octanol–water partition coefficient (Wildman–Crippen LogP) is 7.27. The first kappa shape index (κ1) is 35.9. The van der Waals surface area contributed by atoms with E-state index in [4.69, 9.17) is 9.47 Å². The quantitative estimate of drug-likeness (QED) is 0.118. The number of unbranched alkanes of at least 4 members (excludes halogenated alkanes) is 8. The molecule has 254 valence electrons. The molecule has 2 saturated carbocycles. The fourth-order valence-electron chi connectivity index (χ4n) is 9.20. The summed E-state index contributed by atoms with van der Waals surface area (Å²) in [5.74, 6) is -2.75. The third-order valence-electron chi connectivity index (χ3n) is 12.4. The van der Waals surface area contributed by atoms with Crippen LogP contribution in [0, 0.1) is 40.4 Å². The number of ketones is 1. The number of hydrogen-bond acceptors (Lipinski definition) is 7. The van der Waals surface area contributed by atoms with Crippen LogP contribution < -0.4 is 0 Å². The number of aliphatic hydroxyl groups is 2. The van der Waals surface area contributed by atoms with E-state index in [-0.39, 0.29) is 23.6 Å². The molecule has 0 saturated heterocycles. The van der Waals surface area contributed by atoms with Gasteiger partial charge in [0, 0.05) is 23.7 Å². The molecule has 45 heavy (non-hydrogen) atoms. The smallest absolute Gasteiger partial charge is 0.309 e. The van der Waals surface area contributed by atoms with Gasteiger partial charge in [0.05, 0.1) is 11.3 Å². The molecule has 4 aliphatic rings. The first-order chi connectivity index (χ1) is 21.0. The average Bonchev–Trinajstić information content (AvgIpc) is 3.37. The summed E-state index contributed by atoms with van der Waals surface area (Å²) in [6.45, 7) is 17.4. The minimum atomic E-state index is -2.09. The Morgan fingerprint density at radius 2 is 1.56 bits per heavy atom. The number of esters is 2. The molecule has 2 fully saturated rings. The normalized spacial score (nSPS) is 37.1. The van der Waals surface area contributed by atoms with Crippen molar-refractivity contribution >= 4 is 17.7 Å². The van der Waals surface area contributed by atoms with Gasteiger partial charge in [-0.2, -0.15) is 0 Å². The van der Waals surface area contributed by atoms with Crippen molar-refractivity contribution in [3.8, 4) is 0 Å². The lowest BCUT2D eigenvalue weighted by molar-refractivity contribution is -0.206. The summed E-state index contributed by atoms with van der Waals surface area (Å²) >= 11 is 0. The molecule has 0 aromatic rings. The molecule has 0 aromatic carbocycles. The van der Waals surface area contributed by atoms with E-state index in [1.54, 1.807) is 32.9 Å². The van der Waals surface area contributed by atoms with Crippen LogP contribution in [-0.4, -0.2) is 51.3 Å². The van der Waals surface area contributed by atoms with Crippen LogP contribution in [0.3, 0.4) is 0 Å². The number of carbonyl (C=O) groups excluding carboxylic acids is 3. The molecule has 1 spiro atoms. The van der Waals surface area contributed by atoms with Gasteiger partial charge < -0.3 is 19.7 Å². The molecule has 9 atom stereocenters. The number of hydrogen-bond donors (Lipinski definition) is 2. The van der Waals surface area contributed by atoms with Crippen LogP contribution in [0.1, 0.15) is 133 Å². The number of fused-ring (bicyclic) bond motifs is 3. The van der Waals surface area contributed by atoms with Gasteiger partial charge in [-0.1, -0.05) is 112 Å². The fraction of sp³-hybridized carbons (Fsp3) is 0.816. The minimum Gasteiger partial charge on any atom is -0.458 e. The van der Waals surface area contributed by atoms with Crippen LogP contribution in [0.5, 0.6) is 0 Å². The summed E-state index contributed by atoms with van der Waals surface area (Å²) in [4.78, 5) is 41.4. The summed E-state index contributed by atoms with van der Waals surface area (Å²) in [6, 6.07) is 0. The van der Waals surface area contributed by atoms with Crippen molar-refractivity contribution < 1.29 is 34.1 Å². The molecule has 4 rings (SSSR count). The van der Waals surface area contributed by atoms with E-state index >= 15 is 0 Å². The molecule has 0 heterocycles. The van der Waals surface area contributed by atoms with Crippen molar-refractivity contribution in [2.45, 2.75) is 156 Å². The van der Waals surface area contributed by atoms with E-state index in [0.29, 0.717) is 24.0 Å². The Labute approximate surface area is 271 Å². The molecule has 2 bridgehead atoms.